The first-order chi connectivity index (χ1) is 10.7. The van der Waals surface area contributed by atoms with Crippen LogP contribution in [0.15, 0.2) is 41.1 Å². The Morgan fingerprint density at radius 3 is 2.18 bits per heavy atom. The van der Waals surface area contributed by atoms with Gasteiger partial charge in [0.2, 0.25) is 0 Å². The summed E-state index contributed by atoms with van der Waals surface area (Å²) in [6, 6.07) is 9.50. The molecule has 0 bridgehead atoms. The van der Waals surface area contributed by atoms with E-state index < -0.39 is 0 Å². The van der Waals surface area contributed by atoms with Crippen molar-refractivity contribution in [3.05, 3.63) is 46.6 Å². The number of likely N-dealkylation sites (tertiary alicyclic amines) is 1. The van der Waals surface area contributed by atoms with Crippen LogP contribution in [-0.2, 0) is 16.1 Å². The molecule has 0 saturated carbocycles. The summed E-state index contributed by atoms with van der Waals surface area (Å²) < 4.78 is 0. The zero-order valence-corrected chi connectivity index (χ0v) is 13.2. The highest BCUT2D eigenvalue weighted by Gasteiger charge is 2.40. The smallest absolute Gasteiger partial charge is 0.279 e. The lowest BCUT2D eigenvalue weighted by Gasteiger charge is -2.23. The fourth-order valence-corrected chi connectivity index (χ4v) is 3.31. The summed E-state index contributed by atoms with van der Waals surface area (Å²) in [4.78, 5) is 28.2. The van der Waals surface area contributed by atoms with E-state index in [2.05, 4.69) is 0 Å². The van der Waals surface area contributed by atoms with E-state index in [9.17, 15) is 9.59 Å². The van der Waals surface area contributed by atoms with Crippen molar-refractivity contribution in [2.24, 2.45) is 0 Å². The van der Waals surface area contributed by atoms with Gasteiger partial charge in [-0.2, -0.15) is 0 Å². The molecule has 0 radical (unpaired) electrons. The standard InChI is InChI=1S/C17H19ClN2O2/c18-14-15(19-10-6-1-2-7-11-19)17(22)20(16(14)21)12-13-8-4-3-5-9-13/h3-5,8-9H,1-2,6-7,10-12H2. The molecule has 1 saturated heterocycles. The highest BCUT2D eigenvalue weighted by molar-refractivity contribution is 6.47. The minimum atomic E-state index is -0.380. The van der Waals surface area contributed by atoms with Crippen LogP contribution in [0.25, 0.3) is 0 Å². The van der Waals surface area contributed by atoms with Gasteiger partial charge in [-0.1, -0.05) is 54.8 Å². The zero-order valence-electron chi connectivity index (χ0n) is 12.4. The second-order valence-corrected chi connectivity index (χ2v) is 6.12. The summed E-state index contributed by atoms with van der Waals surface area (Å²) >= 11 is 6.20. The van der Waals surface area contributed by atoms with Crippen LogP contribution in [0.4, 0.5) is 0 Å². The van der Waals surface area contributed by atoms with Gasteiger partial charge in [-0.15, -0.1) is 0 Å². The fraction of sp³-hybridized carbons (Fsp3) is 0.412. The van der Waals surface area contributed by atoms with Gasteiger partial charge in [-0.3, -0.25) is 14.5 Å². The highest BCUT2D eigenvalue weighted by atomic mass is 35.5. The first-order valence-corrected chi connectivity index (χ1v) is 8.11. The van der Waals surface area contributed by atoms with Crippen molar-refractivity contribution < 1.29 is 9.59 Å². The highest BCUT2D eigenvalue weighted by Crippen LogP contribution is 2.29. The lowest BCUT2D eigenvalue weighted by atomic mass is 10.2. The van der Waals surface area contributed by atoms with Crippen molar-refractivity contribution in [3.8, 4) is 0 Å². The maximum absolute atomic E-state index is 12.7. The number of benzene rings is 1. The number of hydrogen-bond donors (Lipinski definition) is 0. The minimum Gasteiger partial charge on any atom is -0.366 e. The van der Waals surface area contributed by atoms with Crippen LogP contribution in [0.2, 0.25) is 0 Å². The van der Waals surface area contributed by atoms with Gasteiger partial charge in [0, 0.05) is 13.1 Å². The maximum Gasteiger partial charge on any atom is 0.279 e. The number of carbonyl (C=O) groups is 2. The average molecular weight is 319 g/mol. The summed E-state index contributed by atoms with van der Waals surface area (Å²) in [5.74, 6) is -0.643. The van der Waals surface area contributed by atoms with Crippen LogP contribution in [-0.4, -0.2) is 34.7 Å². The molecular weight excluding hydrogens is 300 g/mol. The predicted octanol–water partition coefficient (Wildman–Crippen LogP) is 2.88. The van der Waals surface area contributed by atoms with Gasteiger partial charge in [-0.05, 0) is 18.4 Å². The molecule has 22 heavy (non-hydrogen) atoms. The van der Waals surface area contributed by atoms with Gasteiger partial charge < -0.3 is 4.90 Å². The molecule has 2 heterocycles. The first-order valence-electron chi connectivity index (χ1n) is 7.73. The average Bonchev–Trinajstić information content (AvgIpc) is 2.74. The third-order valence-corrected chi connectivity index (χ3v) is 4.54. The molecule has 1 aromatic carbocycles. The van der Waals surface area contributed by atoms with Gasteiger partial charge in [0.25, 0.3) is 11.8 Å². The zero-order chi connectivity index (χ0) is 15.5. The number of halogens is 1. The van der Waals surface area contributed by atoms with E-state index in [-0.39, 0.29) is 23.4 Å². The first kappa shape index (κ1) is 15.1. The lowest BCUT2D eigenvalue weighted by Crippen LogP contribution is -2.35. The van der Waals surface area contributed by atoms with Crippen LogP contribution in [0, 0.1) is 0 Å². The van der Waals surface area contributed by atoms with E-state index in [4.69, 9.17) is 11.6 Å². The summed E-state index contributed by atoms with van der Waals surface area (Å²) in [6.07, 6.45) is 4.40. The SMILES string of the molecule is O=C1C(Cl)=C(N2CCCCCC2)C(=O)N1Cc1ccccc1. The third-order valence-electron chi connectivity index (χ3n) is 4.19. The van der Waals surface area contributed by atoms with Crippen molar-refractivity contribution in [2.45, 2.75) is 32.2 Å². The van der Waals surface area contributed by atoms with E-state index in [1.807, 2.05) is 35.2 Å². The molecule has 5 heteroatoms. The Balaban J connectivity index is 1.80. The molecule has 2 aliphatic heterocycles. The van der Waals surface area contributed by atoms with Crippen LogP contribution >= 0.6 is 11.6 Å². The van der Waals surface area contributed by atoms with E-state index in [1.165, 1.54) is 4.90 Å². The molecule has 0 spiro atoms. The second-order valence-electron chi connectivity index (χ2n) is 5.75. The van der Waals surface area contributed by atoms with Crippen molar-refractivity contribution >= 4 is 23.4 Å². The quantitative estimate of drug-likeness (QED) is 0.805. The second kappa shape index (κ2) is 6.53. The van der Waals surface area contributed by atoms with Crippen molar-refractivity contribution in [3.63, 3.8) is 0 Å². The van der Waals surface area contributed by atoms with Crippen molar-refractivity contribution in [2.75, 3.05) is 13.1 Å². The Hall–Kier alpha value is -1.81. The Labute approximate surface area is 135 Å². The topological polar surface area (TPSA) is 40.6 Å². The molecule has 0 N–H and O–H groups in total. The normalized spacial score (nSPS) is 19.9. The molecule has 2 amide bonds. The van der Waals surface area contributed by atoms with E-state index in [0.29, 0.717) is 5.70 Å². The largest absolute Gasteiger partial charge is 0.366 e. The van der Waals surface area contributed by atoms with Crippen LogP contribution < -0.4 is 0 Å². The van der Waals surface area contributed by atoms with Gasteiger partial charge in [0.1, 0.15) is 10.7 Å². The Bertz CT molecular complexity index is 604. The monoisotopic (exact) mass is 318 g/mol. The summed E-state index contributed by atoms with van der Waals surface area (Å²) in [6.45, 7) is 1.86. The van der Waals surface area contributed by atoms with Crippen molar-refractivity contribution in [1.29, 1.82) is 0 Å². The third kappa shape index (κ3) is 2.88. The fourth-order valence-electron chi connectivity index (χ4n) is 3.01. The van der Waals surface area contributed by atoms with E-state index in [0.717, 1.165) is 44.3 Å². The van der Waals surface area contributed by atoms with Crippen LogP contribution in [0.1, 0.15) is 31.2 Å². The summed E-state index contributed by atoms with van der Waals surface area (Å²) in [7, 11) is 0. The molecule has 116 valence electrons. The lowest BCUT2D eigenvalue weighted by molar-refractivity contribution is -0.138. The summed E-state index contributed by atoms with van der Waals surface area (Å²) in [5.41, 5.74) is 1.32. The molecule has 1 aromatic rings. The Kier molecular flexibility index (Phi) is 4.48. The number of nitrogens with zero attached hydrogens (tertiary/aromatic N) is 2. The molecule has 3 rings (SSSR count). The Morgan fingerprint density at radius 1 is 0.909 bits per heavy atom. The maximum atomic E-state index is 12.7. The minimum absolute atomic E-state index is 0.0721. The molecule has 4 nitrogen and oxygen atoms in total. The molecular formula is C17H19ClN2O2. The number of rotatable bonds is 3. The Morgan fingerprint density at radius 2 is 1.55 bits per heavy atom. The molecule has 1 fully saturated rings. The van der Waals surface area contributed by atoms with Gasteiger partial charge in [-0.25, -0.2) is 0 Å². The summed E-state index contributed by atoms with van der Waals surface area (Å²) in [5, 5.41) is 0.0721. The van der Waals surface area contributed by atoms with E-state index >= 15 is 0 Å². The number of imide groups is 1. The predicted molar refractivity (Wildman–Crippen MR) is 84.9 cm³/mol. The van der Waals surface area contributed by atoms with Crippen molar-refractivity contribution in [1.82, 2.24) is 9.80 Å². The molecule has 0 aromatic heterocycles. The number of carbonyl (C=O) groups excluding carboxylic acids is 2. The van der Waals surface area contributed by atoms with Crippen LogP contribution in [0.5, 0.6) is 0 Å². The van der Waals surface area contributed by atoms with Crippen LogP contribution in [0.3, 0.4) is 0 Å². The number of amides is 2. The number of hydrogen-bond acceptors (Lipinski definition) is 3. The molecule has 0 atom stereocenters. The van der Waals surface area contributed by atoms with Gasteiger partial charge >= 0.3 is 0 Å². The van der Waals surface area contributed by atoms with Gasteiger partial charge in [0.05, 0.1) is 6.54 Å². The van der Waals surface area contributed by atoms with Gasteiger partial charge in [0.15, 0.2) is 0 Å². The molecule has 2 aliphatic rings. The molecule has 0 aliphatic carbocycles. The molecule has 0 unspecified atom stereocenters. The van der Waals surface area contributed by atoms with E-state index in [1.54, 1.807) is 0 Å².